The number of nitrogens with one attached hydrogen (secondary N) is 2. The van der Waals surface area contributed by atoms with Gasteiger partial charge >= 0.3 is 6.18 Å². The van der Waals surface area contributed by atoms with Crippen molar-refractivity contribution in [1.29, 1.82) is 0 Å². The highest BCUT2D eigenvalue weighted by molar-refractivity contribution is 5.80. The van der Waals surface area contributed by atoms with Crippen LogP contribution in [0, 0.1) is 0 Å². The number of hydrogen-bond donors (Lipinski definition) is 2. The van der Waals surface area contributed by atoms with Crippen molar-refractivity contribution in [1.82, 2.24) is 15.5 Å². The summed E-state index contributed by atoms with van der Waals surface area (Å²) in [5, 5.41) is 6.43. The molecule has 1 atom stereocenters. The highest BCUT2D eigenvalue weighted by Crippen LogP contribution is 2.27. The van der Waals surface area contributed by atoms with E-state index in [1.807, 2.05) is 18.2 Å². The van der Waals surface area contributed by atoms with Gasteiger partial charge in [-0.15, -0.1) is 0 Å². The van der Waals surface area contributed by atoms with Gasteiger partial charge in [-0.2, -0.15) is 13.2 Å². The topological polar surface area (TPSA) is 58.1 Å². The first-order chi connectivity index (χ1) is 13.3. The summed E-state index contributed by atoms with van der Waals surface area (Å²) in [6, 6.07) is 5.82. The third-order valence-electron chi connectivity index (χ3n) is 4.62. The predicted octanol–water partition coefficient (Wildman–Crippen LogP) is 2.44. The maximum absolute atomic E-state index is 12.5. The largest absolute Gasteiger partial charge is 0.493 e. The summed E-state index contributed by atoms with van der Waals surface area (Å²) < 4.78 is 48.0. The molecule has 6 nitrogen and oxygen atoms in total. The number of likely N-dealkylation sites (tertiary alicyclic amines) is 1. The van der Waals surface area contributed by atoms with Crippen LogP contribution in [0.15, 0.2) is 23.2 Å². The highest BCUT2D eigenvalue weighted by atomic mass is 19.4. The first-order valence-electron chi connectivity index (χ1n) is 9.32. The highest BCUT2D eigenvalue weighted by Gasteiger charge is 2.34. The average Bonchev–Trinajstić information content (AvgIpc) is 3.08. The van der Waals surface area contributed by atoms with E-state index in [-0.39, 0.29) is 6.04 Å². The lowest BCUT2D eigenvalue weighted by Gasteiger charge is -2.19. The lowest BCUT2D eigenvalue weighted by atomic mass is 10.1. The first-order valence-corrected chi connectivity index (χ1v) is 9.32. The number of hydrogen-bond acceptors (Lipinski definition) is 4. The third kappa shape index (κ3) is 7.10. The van der Waals surface area contributed by atoms with Crippen molar-refractivity contribution >= 4 is 5.96 Å². The van der Waals surface area contributed by atoms with Gasteiger partial charge in [0.25, 0.3) is 0 Å². The molecule has 1 aromatic carbocycles. The number of guanidine groups is 1. The average molecular weight is 402 g/mol. The van der Waals surface area contributed by atoms with Crippen LogP contribution in [0.5, 0.6) is 11.5 Å². The molecule has 1 aromatic rings. The van der Waals surface area contributed by atoms with Crippen LogP contribution in [0.3, 0.4) is 0 Å². The molecule has 1 unspecified atom stereocenters. The molecule has 9 heteroatoms. The molecule has 0 spiro atoms. The molecule has 0 saturated carbocycles. The number of aryl methyl sites for hydroxylation is 1. The van der Waals surface area contributed by atoms with E-state index in [0.29, 0.717) is 43.5 Å². The molecule has 158 valence electrons. The van der Waals surface area contributed by atoms with Crippen LogP contribution in [0.4, 0.5) is 13.2 Å². The van der Waals surface area contributed by atoms with Crippen molar-refractivity contribution in [2.45, 2.75) is 31.5 Å². The quantitative estimate of drug-likeness (QED) is 0.397. The maximum atomic E-state index is 12.5. The molecule has 1 heterocycles. The normalized spacial score (nSPS) is 18.2. The predicted molar refractivity (Wildman–Crippen MR) is 103 cm³/mol. The van der Waals surface area contributed by atoms with Crippen LogP contribution in [-0.4, -0.2) is 70.5 Å². The fourth-order valence-electron chi connectivity index (χ4n) is 3.27. The summed E-state index contributed by atoms with van der Waals surface area (Å²) in [4.78, 5) is 5.58. The zero-order valence-corrected chi connectivity index (χ0v) is 16.6. The van der Waals surface area contributed by atoms with E-state index < -0.39 is 12.7 Å². The minimum absolute atomic E-state index is 0.0283. The zero-order valence-electron chi connectivity index (χ0n) is 16.6. The number of methoxy groups -OCH3 is 2. The molecule has 0 bridgehead atoms. The summed E-state index contributed by atoms with van der Waals surface area (Å²) in [5.74, 6) is 2.02. The Morgan fingerprint density at radius 2 is 2.00 bits per heavy atom. The molecule has 1 fully saturated rings. The number of alkyl halides is 3. The molecule has 2 N–H and O–H groups in total. The van der Waals surface area contributed by atoms with Crippen molar-refractivity contribution in [2.75, 3.05) is 47.4 Å². The van der Waals surface area contributed by atoms with Gasteiger partial charge in [-0.25, -0.2) is 0 Å². The fourth-order valence-corrected chi connectivity index (χ4v) is 3.27. The molecule has 1 saturated heterocycles. The molecule has 1 aliphatic rings. The Bertz CT molecular complexity index is 653. The Hall–Kier alpha value is -2.16. The van der Waals surface area contributed by atoms with E-state index in [9.17, 15) is 13.2 Å². The molecule has 0 aliphatic carbocycles. The number of halogens is 3. The molecule has 0 radical (unpaired) electrons. The van der Waals surface area contributed by atoms with Gasteiger partial charge in [-0.1, -0.05) is 6.07 Å². The van der Waals surface area contributed by atoms with Crippen molar-refractivity contribution < 1.29 is 22.6 Å². The van der Waals surface area contributed by atoms with E-state index in [2.05, 4.69) is 15.6 Å². The summed E-state index contributed by atoms with van der Waals surface area (Å²) in [7, 11) is 4.87. The Kier molecular flexibility index (Phi) is 8.22. The molecule has 0 aromatic heterocycles. The number of rotatable bonds is 8. The monoisotopic (exact) mass is 402 g/mol. The van der Waals surface area contributed by atoms with Crippen molar-refractivity contribution in [3.05, 3.63) is 23.8 Å². The second-order valence-corrected chi connectivity index (χ2v) is 6.77. The van der Waals surface area contributed by atoms with E-state index in [0.717, 1.165) is 18.4 Å². The summed E-state index contributed by atoms with van der Waals surface area (Å²) in [6.45, 7) is 0.648. The van der Waals surface area contributed by atoms with Gasteiger partial charge in [0.2, 0.25) is 0 Å². The van der Waals surface area contributed by atoms with E-state index in [1.54, 1.807) is 21.3 Å². The van der Waals surface area contributed by atoms with Crippen molar-refractivity contribution in [3.8, 4) is 11.5 Å². The van der Waals surface area contributed by atoms with Crippen LogP contribution in [0.1, 0.15) is 18.4 Å². The number of ether oxygens (including phenoxy) is 2. The molecule has 28 heavy (non-hydrogen) atoms. The summed E-state index contributed by atoms with van der Waals surface area (Å²) in [6.07, 6.45) is -1.75. The van der Waals surface area contributed by atoms with Crippen LogP contribution in [-0.2, 0) is 6.42 Å². The minimum Gasteiger partial charge on any atom is -0.493 e. The van der Waals surface area contributed by atoms with Crippen LogP contribution in [0.25, 0.3) is 0 Å². The fraction of sp³-hybridized carbons (Fsp3) is 0.632. The standard InChI is InChI=1S/C19H29F3N4O2/c1-23-18(25-15-8-10-26(12-15)13-19(20,21)22)24-9-4-5-14-6-7-16(27-2)17(11-14)28-3/h6-7,11,15H,4-5,8-10,12-13H2,1-3H3,(H2,23,24,25). The van der Waals surface area contributed by atoms with E-state index >= 15 is 0 Å². The number of aliphatic imine (C=N–C) groups is 1. The second kappa shape index (κ2) is 10.4. The molecule has 2 rings (SSSR count). The smallest absolute Gasteiger partial charge is 0.401 e. The minimum atomic E-state index is -4.15. The van der Waals surface area contributed by atoms with Crippen LogP contribution in [0.2, 0.25) is 0 Å². The zero-order chi connectivity index (χ0) is 20.6. The van der Waals surface area contributed by atoms with E-state index in [4.69, 9.17) is 9.47 Å². The van der Waals surface area contributed by atoms with Crippen molar-refractivity contribution in [2.24, 2.45) is 4.99 Å². The van der Waals surface area contributed by atoms with Gasteiger partial charge in [0.1, 0.15) is 0 Å². The van der Waals surface area contributed by atoms with Gasteiger partial charge in [0.05, 0.1) is 20.8 Å². The maximum Gasteiger partial charge on any atom is 0.401 e. The molecular weight excluding hydrogens is 373 g/mol. The van der Waals surface area contributed by atoms with Crippen LogP contribution >= 0.6 is 0 Å². The second-order valence-electron chi connectivity index (χ2n) is 6.77. The van der Waals surface area contributed by atoms with Crippen molar-refractivity contribution in [3.63, 3.8) is 0 Å². The Balaban J connectivity index is 1.72. The Morgan fingerprint density at radius 1 is 1.25 bits per heavy atom. The number of benzene rings is 1. The molecular formula is C19H29F3N4O2. The molecule has 0 amide bonds. The van der Waals surface area contributed by atoms with Gasteiger partial charge < -0.3 is 20.1 Å². The van der Waals surface area contributed by atoms with E-state index in [1.165, 1.54) is 4.90 Å². The molecule has 1 aliphatic heterocycles. The van der Waals surface area contributed by atoms with Gasteiger partial charge in [0.15, 0.2) is 17.5 Å². The summed E-state index contributed by atoms with van der Waals surface area (Å²) in [5.41, 5.74) is 1.14. The SMILES string of the molecule is CN=C(NCCCc1ccc(OC)c(OC)c1)NC1CCN(CC(F)(F)F)C1. The lowest BCUT2D eigenvalue weighted by Crippen LogP contribution is -2.45. The van der Waals surface area contributed by atoms with Gasteiger partial charge in [0, 0.05) is 32.7 Å². The van der Waals surface area contributed by atoms with Gasteiger partial charge in [-0.05, 0) is 37.0 Å². The van der Waals surface area contributed by atoms with Crippen LogP contribution < -0.4 is 20.1 Å². The number of nitrogens with zero attached hydrogens (tertiary/aromatic N) is 2. The summed E-state index contributed by atoms with van der Waals surface area (Å²) >= 11 is 0. The lowest BCUT2D eigenvalue weighted by molar-refractivity contribution is -0.143. The Labute approximate surface area is 164 Å². The Morgan fingerprint density at radius 3 is 2.64 bits per heavy atom. The first kappa shape index (κ1) is 22.1. The van der Waals surface area contributed by atoms with Gasteiger partial charge in [-0.3, -0.25) is 9.89 Å². The third-order valence-corrected chi connectivity index (χ3v) is 4.62.